The van der Waals surface area contributed by atoms with Crippen molar-refractivity contribution in [2.24, 2.45) is 0 Å². The van der Waals surface area contributed by atoms with E-state index < -0.39 is 0 Å². The van der Waals surface area contributed by atoms with E-state index in [-0.39, 0.29) is 0 Å². The summed E-state index contributed by atoms with van der Waals surface area (Å²) >= 11 is 6.58. The van der Waals surface area contributed by atoms with Gasteiger partial charge >= 0.3 is 0 Å². The molecule has 12 aromatic rings. The quantitative estimate of drug-likeness (QED) is 0.0897. The average molecular weight is 1110 g/mol. The molecule has 11 aromatic carbocycles. The van der Waals surface area contributed by atoms with Crippen molar-refractivity contribution in [3.05, 3.63) is 298 Å². The fourth-order valence-corrected chi connectivity index (χ4v) is 12.1. The van der Waals surface area contributed by atoms with Gasteiger partial charge in [0.15, 0.2) is 0 Å². The number of hydrogen-bond donors (Lipinski definition) is 0. The summed E-state index contributed by atoms with van der Waals surface area (Å²) in [7, 11) is 3.37. The number of aryl methyl sites for hydroxylation is 5. The second-order valence-corrected chi connectivity index (χ2v) is 22.1. The van der Waals surface area contributed by atoms with E-state index in [1.54, 1.807) is 14.2 Å². The van der Waals surface area contributed by atoms with Crippen LogP contribution in [0.1, 0.15) is 50.1 Å². The highest BCUT2D eigenvalue weighted by Crippen LogP contribution is 2.45. The summed E-state index contributed by atoms with van der Waals surface area (Å²) in [5, 5.41) is 3.01. The third kappa shape index (κ3) is 10.7. The molecule has 0 unspecified atom stereocenters. The number of para-hydroxylation sites is 2. The number of fused-ring (bicyclic) bond motifs is 4. The molecule has 13 rings (SSSR count). The molecule has 1 aliphatic carbocycles. The van der Waals surface area contributed by atoms with E-state index in [2.05, 4.69) is 254 Å². The van der Waals surface area contributed by atoms with Crippen molar-refractivity contribution in [1.29, 1.82) is 0 Å². The van der Waals surface area contributed by atoms with Gasteiger partial charge in [0.2, 0.25) is 0 Å². The van der Waals surface area contributed by atoms with E-state index in [0.29, 0.717) is 5.02 Å². The van der Waals surface area contributed by atoms with E-state index in [1.807, 2.05) is 36.4 Å². The van der Waals surface area contributed by atoms with Crippen LogP contribution in [0, 0.1) is 32.6 Å². The highest BCUT2D eigenvalue weighted by molar-refractivity contribution is 6.30. The lowest BCUT2D eigenvalue weighted by Gasteiger charge is -2.28. The molecule has 1 heterocycles. The molecule has 0 atom stereocenters. The van der Waals surface area contributed by atoms with E-state index in [1.165, 1.54) is 50.1 Å². The first-order chi connectivity index (χ1) is 41.1. The predicted octanol–water partition coefficient (Wildman–Crippen LogP) is 20.1. The number of pyridine rings is 1. The van der Waals surface area contributed by atoms with Crippen LogP contribution in [-0.4, -0.2) is 19.2 Å². The molecule has 0 radical (unpaired) electrons. The number of halogens is 1. The van der Waals surface area contributed by atoms with E-state index >= 15 is 0 Å². The number of aromatic nitrogens is 1. The molecule has 1 aromatic heterocycles. The smallest absolute Gasteiger partial charge is 0.119 e. The third-order valence-electron chi connectivity index (χ3n) is 16.2. The Morgan fingerprint density at radius 1 is 0.369 bits per heavy atom. The molecule has 84 heavy (non-hydrogen) atoms. The van der Waals surface area contributed by atoms with Crippen LogP contribution < -0.4 is 24.2 Å². The summed E-state index contributed by atoms with van der Waals surface area (Å²) in [6.07, 6.45) is 2.73. The van der Waals surface area contributed by atoms with Gasteiger partial charge in [0.05, 0.1) is 25.3 Å². The maximum Gasteiger partial charge on any atom is 0.119 e. The van der Waals surface area contributed by atoms with Crippen LogP contribution in [0.15, 0.2) is 243 Å². The molecule has 408 valence electrons. The van der Waals surface area contributed by atoms with Gasteiger partial charge in [0.25, 0.3) is 0 Å². The zero-order valence-electron chi connectivity index (χ0n) is 47.7. The summed E-state index contributed by atoms with van der Waals surface area (Å²) in [4.78, 5) is 12.0. The molecule has 7 heteroatoms. The Bertz CT molecular complexity index is 4330. The SMILES string of the molecule is COc1ccc(N(c2ccc(C#Cc3ccc(N(c4ccc(C)cc4)c4ccc5c(c4)Cc4cc(N(c6ccc(Cl)cc6)c6cc(C)c(-c7c8ccccc8nc8ccccc78)c(C)c6)ccc4CC5)cc3)cc2)c2ccc(OC)cc2)cc1. The van der Waals surface area contributed by atoms with Gasteiger partial charge in [-0.15, -0.1) is 0 Å². The van der Waals surface area contributed by atoms with E-state index in [0.717, 1.165) is 115 Å². The first-order valence-corrected chi connectivity index (χ1v) is 28.9. The second kappa shape index (κ2) is 23.1. The number of hydrogen-bond acceptors (Lipinski definition) is 6. The lowest BCUT2D eigenvalue weighted by molar-refractivity contribution is 0.415. The van der Waals surface area contributed by atoms with Gasteiger partial charge in [-0.3, -0.25) is 0 Å². The standard InChI is InChI=1S/C77H61ClN4O2/c1-51-14-28-61(29-15-51)81(63-32-20-55(21-33-63)17-16-54-18-30-62(31-19-54)80(65-38-42-70(83-4)43-39-65)66-40-44-71(84-5)45-41-66)67-34-24-56-22-23-57-25-35-68(50-59(57)48-58(56)49-67)82(64-36-26-60(78)27-37-64)69-46-52(2)76(53(3)47-69)77-72-10-6-8-12-74(72)79-75-13-9-7-11-73(75)77/h6-15,18-21,24-47,49-50H,22-23,48H2,1-5H3. The number of nitrogens with zero attached hydrogens (tertiary/aromatic N) is 4. The number of rotatable bonds is 12. The monoisotopic (exact) mass is 1110 g/mol. The van der Waals surface area contributed by atoms with Crippen LogP contribution in [0.5, 0.6) is 11.5 Å². The molecule has 1 aliphatic rings. The third-order valence-corrected chi connectivity index (χ3v) is 16.4. The summed E-state index contributed by atoms with van der Waals surface area (Å²) in [5.41, 5.74) is 24.9. The van der Waals surface area contributed by atoms with Gasteiger partial charge < -0.3 is 24.2 Å². The minimum absolute atomic E-state index is 0.704. The molecular weight excluding hydrogens is 1050 g/mol. The van der Waals surface area contributed by atoms with Crippen LogP contribution in [0.3, 0.4) is 0 Å². The van der Waals surface area contributed by atoms with Crippen LogP contribution in [0.4, 0.5) is 51.2 Å². The zero-order valence-corrected chi connectivity index (χ0v) is 48.5. The minimum Gasteiger partial charge on any atom is -0.497 e. The summed E-state index contributed by atoms with van der Waals surface area (Å²) in [6.45, 7) is 6.63. The van der Waals surface area contributed by atoms with Gasteiger partial charge in [-0.25, -0.2) is 4.98 Å². The number of methoxy groups -OCH3 is 2. The Kier molecular flexibility index (Phi) is 14.6. The molecule has 0 N–H and O–H groups in total. The van der Waals surface area contributed by atoms with Gasteiger partial charge in [0.1, 0.15) is 11.5 Å². The van der Waals surface area contributed by atoms with Crippen LogP contribution >= 0.6 is 11.6 Å². The highest BCUT2D eigenvalue weighted by Gasteiger charge is 2.23. The van der Waals surface area contributed by atoms with Crippen molar-refractivity contribution in [3.63, 3.8) is 0 Å². The van der Waals surface area contributed by atoms with Crippen molar-refractivity contribution in [2.75, 3.05) is 28.9 Å². The first-order valence-electron chi connectivity index (χ1n) is 28.5. The summed E-state index contributed by atoms with van der Waals surface area (Å²) in [5.74, 6) is 8.49. The Morgan fingerprint density at radius 3 is 1.18 bits per heavy atom. The van der Waals surface area contributed by atoms with Gasteiger partial charge in [-0.1, -0.05) is 89.7 Å². The maximum absolute atomic E-state index is 6.58. The molecule has 0 spiro atoms. The Morgan fingerprint density at radius 2 is 0.738 bits per heavy atom. The molecular formula is C77H61ClN4O2. The molecule has 0 amide bonds. The Hall–Kier alpha value is -10.1. The molecule has 0 bridgehead atoms. The van der Waals surface area contributed by atoms with E-state index in [4.69, 9.17) is 26.1 Å². The molecule has 0 aliphatic heterocycles. The van der Waals surface area contributed by atoms with Crippen molar-refractivity contribution in [2.45, 2.75) is 40.0 Å². The topological polar surface area (TPSA) is 41.1 Å². The van der Waals surface area contributed by atoms with Crippen molar-refractivity contribution in [3.8, 4) is 34.5 Å². The molecule has 6 nitrogen and oxygen atoms in total. The fraction of sp³-hybridized carbons (Fsp3) is 0.104. The van der Waals surface area contributed by atoms with E-state index in [9.17, 15) is 0 Å². The maximum atomic E-state index is 6.58. The molecule has 0 saturated heterocycles. The van der Waals surface area contributed by atoms with Crippen LogP contribution in [-0.2, 0) is 19.3 Å². The molecule has 0 saturated carbocycles. The fourth-order valence-electron chi connectivity index (χ4n) is 12.0. The summed E-state index contributed by atoms with van der Waals surface area (Å²) in [6, 6.07) is 86.0. The zero-order chi connectivity index (χ0) is 57.3. The largest absolute Gasteiger partial charge is 0.497 e. The second-order valence-electron chi connectivity index (χ2n) is 21.6. The van der Waals surface area contributed by atoms with Crippen LogP contribution in [0.25, 0.3) is 32.9 Å². The Labute approximate surface area is 497 Å². The van der Waals surface area contributed by atoms with Gasteiger partial charge in [-0.05, 0) is 261 Å². The predicted molar refractivity (Wildman–Crippen MR) is 350 cm³/mol. The lowest BCUT2D eigenvalue weighted by Crippen LogP contribution is -2.12. The highest BCUT2D eigenvalue weighted by atomic mass is 35.5. The summed E-state index contributed by atoms with van der Waals surface area (Å²) < 4.78 is 10.9. The average Bonchev–Trinajstić information content (AvgIpc) is 2.06. The van der Waals surface area contributed by atoms with Gasteiger partial charge in [0, 0.05) is 83.7 Å². The van der Waals surface area contributed by atoms with Gasteiger partial charge in [-0.2, -0.15) is 0 Å². The van der Waals surface area contributed by atoms with Crippen molar-refractivity contribution in [1.82, 2.24) is 4.98 Å². The minimum atomic E-state index is 0.704. The lowest BCUT2D eigenvalue weighted by atomic mass is 9.89. The number of anilines is 9. The van der Waals surface area contributed by atoms with Crippen molar-refractivity contribution < 1.29 is 9.47 Å². The first kappa shape index (κ1) is 53.3. The Balaban J connectivity index is 0.804. The molecule has 0 fully saturated rings. The number of benzene rings is 11. The van der Waals surface area contributed by atoms with Crippen molar-refractivity contribution >= 4 is 84.6 Å². The van der Waals surface area contributed by atoms with Crippen LogP contribution in [0.2, 0.25) is 5.02 Å². The number of ether oxygens (including phenoxy) is 2. The normalized spacial score (nSPS) is 11.7.